The largest absolute Gasteiger partial charge is 0.486 e. The predicted molar refractivity (Wildman–Crippen MR) is 106 cm³/mol. The maximum absolute atomic E-state index is 13.1. The summed E-state index contributed by atoms with van der Waals surface area (Å²) < 4.78 is 38.7. The lowest BCUT2D eigenvalue weighted by Gasteiger charge is -2.32. The minimum Gasteiger partial charge on any atom is -0.486 e. The first kappa shape index (κ1) is 19.2. The van der Waals surface area contributed by atoms with Crippen LogP contribution in [0.5, 0.6) is 11.5 Å². The number of benzene rings is 1. The predicted octanol–water partition coefficient (Wildman–Crippen LogP) is 2.35. The lowest BCUT2D eigenvalue weighted by atomic mass is 10.00. The number of amides is 1. The minimum absolute atomic E-state index is 0.0876. The van der Waals surface area contributed by atoms with E-state index in [2.05, 4.69) is 5.32 Å². The topological polar surface area (TPSA) is 84.9 Å². The summed E-state index contributed by atoms with van der Waals surface area (Å²) in [5.41, 5.74) is 0. The normalized spacial score (nSPS) is 19.9. The van der Waals surface area contributed by atoms with Gasteiger partial charge in [0.15, 0.2) is 11.5 Å². The summed E-state index contributed by atoms with van der Waals surface area (Å²) in [6, 6.07) is 8.35. The Bertz CT molecular complexity index is 943. The molecule has 0 radical (unpaired) electrons. The van der Waals surface area contributed by atoms with Gasteiger partial charge >= 0.3 is 0 Å². The van der Waals surface area contributed by atoms with E-state index in [1.54, 1.807) is 18.2 Å². The van der Waals surface area contributed by atoms with E-state index in [1.807, 2.05) is 11.4 Å². The maximum atomic E-state index is 13.1. The van der Waals surface area contributed by atoms with Crippen molar-refractivity contribution >= 4 is 27.3 Å². The Labute approximate surface area is 168 Å². The SMILES string of the molecule is O=C(NC[C@H]1CCCN(S(=O)(=O)c2ccc3c(c2)OCCO3)C1)c1cccs1. The molecule has 2 aromatic rings. The highest BCUT2D eigenvalue weighted by Crippen LogP contribution is 2.34. The van der Waals surface area contributed by atoms with Gasteiger partial charge in [-0.15, -0.1) is 11.3 Å². The number of nitrogens with zero attached hydrogens (tertiary/aromatic N) is 1. The summed E-state index contributed by atoms with van der Waals surface area (Å²) in [5.74, 6) is 1.01. The Morgan fingerprint density at radius 1 is 1.21 bits per heavy atom. The van der Waals surface area contributed by atoms with Gasteiger partial charge in [0.2, 0.25) is 10.0 Å². The molecular formula is C19H22N2O5S2. The van der Waals surface area contributed by atoms with Crippen LogP contribution in [0.15, 0.2) is 40.6 Å². The average Bonchev–Trinajstić information content (AvgIpc) is 3.27. The van der Waals surface area contributed by atoms with Crippen LogP contribution in [0.2, 0.25) is 0 Å². The first-order valence-electron chi connectivity index (χ1n) is 9.25. The van der Waals surface area contributed by atoms with Gasteiger partial charge in [0.05, 0.1) is 9.77 Å². The van der Waals surface area contributed by atoms with Gasteiger partial charge in [-0.3, -0.25) is 4.79 Å². The summed E-state index contributed by atoms with van der Waals surface area (Å²) in [5, 5.41) is 4.78. The van der Waals surface area contributed by atoms with Crippen molar-refractivity contribution in [1.29, 1.82) is 0 Å². The van der Waals surface area contributed by atoms with E-state index in [0.29, 0.717) is 49.2 Å². The minimum atomic E-state index is -3.62. The summed E-state index contributed by atoms with van der Waals surface area (Å²) in [6.45, 7) is 2.20. The number of fused-ring (bicyclic) bond motifs is 1. The molecule has 1 N–H and O–H groups in total. The summed E-state index contributed by atoms with van der Waals surface area (Å²) in [4.78, 5) is 13.0. The molecule has 4 rings (SSSR count). The van der Waals surface area contributed by atoms with E-state index in [-0.39, 0.29) is 16.7 Å². The van der Waals surface area contributed by atoms with E-state index >= 15 is 0 Å². The summed E-state index contributed by atoms with van der Waals surface area (Å²) in [7, 11) is -3.62. The van der Waals surface area contributed by atoms with Crippen molar-refractivity contribution in [3.05, 3.63) is 40.6 Å². The molecule has 28 heavy (non-hydrogen) atoms. The van der Waals surface area contributed by atoms with Gasteiger partial charge in [0, 0.05) is 25.7 Å². The Kier molecular flexibility index (Phi) is 5.56. The summed E-state index contributed by atoms with van der Waals surface area (Å²) >= 11 is 1.39. The van der Waals surface area contributed by atoms with Gasteiger partial charge < -0.3 is 14.8 Å². The fraction of sp³-hybridized carbons (Fsp3) is 0.421. The van der Waals surface area contributed by atoms with Crippen molar-refractivity contribution in [3.8, 4) is 11.5 Å². The van der Waals surface area contributed by atoms with Crippen LogP contribution < -0.4 is 14.8 Å². The highest BCUT2D eigenvalue weighted by Gasteiger charge is 2.31. The molecule has 0 aliphatic carbocycles. The van der Waals surface area contributed by atoms with Crippen LogP contribution in [0.1, 0.15) is 22.5 Å². The second-order valence-electron chi connectivity index (χ2n) is 6.86. The second kappa shape index (κ2) is 8.10. The highest BCUT2D eigenvalue weighted by molar-refractivity contribution is 7.89. The standard InChI is InChI=1S/C19H22N2O5S2/c22-19(18-4-2-10-27-18)20-12-14-3-1-7-21(13-14)28(23,24)15-5-6-16-17(11-15)26-9-8-25-16/h2,4-6,10-11,14H,1,3,7-9,12-13H2,(H,20,22)/t14-/m1/s1. The van der Waals surface area contributed by atoms with Gasteiger partial charge in [0.1, 0.15) is 13.2 Å². The zero-order valence-electron chi connectivity index (χ0n) is 15.3. The number of rotatable bonds is 5. The second-order valence-corrected chi connectivity index (χ2v) is 9.75. The number of ether oxygens (including phenoxy) is 2. The maximum Gasteiger partial charge on any atom is 0.261 e. The number of hydrogen-bond acceptors (Lipinski definition) is 6. The van der Waals surface area contributed by atoms with E-state index < -0.39 is 10.0 Å². The summed E-state index contributed by atoms with van der Waals surface area (Å²) in [6.07, 6.45) is 1.65. The Morgan fingerprint density at radius 2 is 2.04 bits per heavy atom. The molecule has 1 aromatic carbocycles. The molecule has 7 nitrogen and oxygen atoms in total. The molecule has 1 amide bonds. The Morgan fingerprint density at radius 3 is 2.82 bits per heavy atom. The first-order chi connectivity index (χ1) is 13.5. The molecule has 0 spiro atoms. The molecule has 9 heteroatoms. The van der Waals surface area contributed by atoms with Gasteiger partial charge in [-0.25, -0.2) is 8.42 Å². The van der Waals surface area contributed by atoms with Crippen molar-refractivity contribution in [1.82, 2.24) is 9.62 Å². The van der Waals surface area contributed by atoms with Gasteiger partial charge in [-0.05, 0) is 42.3 Å². The number of hydrogen-bond donors (Lipinski definition) is 1. The lowest BCUT2D eigenvalue weighted by molar-refractivity contribution is 0.0945. The highest BCUT2D eigenvalue weighted by atomic mass is 32.2. The van der Waals surface area contributed by atoms with Crippen LogP contribution in [0.4, 0.5) is 0 Å². The molecule has 0 saturated carbocycles. The monoisotopic (exact) mass is 422 g/mol. The number of thiophene rings is 1. The molecule has 3 heterocycles. The van der Waals surface area contributed by atoms with Crippen LogP contribution in [0, 0.1) is 5.92 Å². The number of nitrogens with one attached hydrogen (secondary N) is 1. The van der Waals surface area contributed by atoms with E-state index in [9.17, 15) is 13.2 Å². The lowest BCUT2D eigenvalue weighted by Crippen LogP contribution is -2.43. The zero-order valence-corrected chi connectivity index (χ0v) is 16.9. The number of piperidine rings is 1. The van der Waals surface area contributed by atoms with Gasteiger partial charge in [0.25, 0.3) is 5.91 Å². The molecular weight excluding hydrogens is 400 g/mol. The first-order valence-corrected chi connectivity index (χ1v) is 11.6. The smallest absolute Gasteiger partial charge is 0.261 e. The van der Waals surface area contributed by atoms with E-state index in [0.717, 1.165) is 12.8 Å². The van der Waals surface area contributed by atoms with Crippen molar-refractivity contribution in [2.24, 2.45) is 5.92 Å². The quantitative estimate of drug-likeness (QED) is 0.800. The third-order valence-corrected chi connectivity index (χ3v) is 7.66. The number of carbonyl (C=O) groups excluding carboxylic acids is 1. The molecule has 150 valence electrons. The fourth-order valence-corrected chi connectivity index (χ4v) is 5.69. The molecule has 0 unspecified atom stereocenters. The van der Waals surface area contributed by atoms with Gasteiger partial charge in [-0.2, -0.15) is 4.31 Å². The van der Waals surface area contributed by atoms with Crippen LogP contribution in [0.25, 0.3) is 0 Å². The fourth-order valence-electron chi connectivity index (χ4n) is 3.48. The number of carbonyl (C=O) groups is 1. The third kappa shape index (κ3) is 4.01. The molecule has 2 aliphatic rings. The van der Waals surface area contributed by atoms with Crippen molar-refractivity contribution in [3.63, 3.8) is 0 Å². The number of sulfonamides is 1. The van der Waals surface area contributed by atoms with Crippen molar-refractivity contribution in [2.75, 3.05) is 32.8 Å². The van der Waals surface area contributed by atoms with Crippen LogP contribution >= 0.6 is 11.3 Å². The van der Waals surface area contributed by atoms with Crippen molar-refractivity contribution < 1.29 is 22.7 Å². The average molecular weight is 423 g/mol. The van der Waals surface area contributed by atoms with E-state index in [4.69, 9.17) is 9.47 Å². The van der Waals surface area contributed by atoms with Crippen molar-refractivity contribution in [2.45, 2.75) is 17.7 Å². The molecule has 1 saturated heterocycles. The molecule has 2 aliphatic heterocycles. The molecule has 0 bridgehead atoms. The molecule has 1 aromatic heterocycles. The Balaban J connectivity index is 1.42. The van der Waals surface area contributed by atoms with Gasteiger partial charge in [-0.1, -0.05) is 6.07 Å². The molecule has 1 atom stereocenters. The van der Waals surface area contributed by atoms with E-state index in [1.165, 1.54) is 21.7 Å². The molecule has 1 fully saturated rings. The Hall–Kier alpha value is -2.10. The zero-order chi connectivity index (χ0) is 19.6. The third-order valence-electron chi connectivity index (χ3n) is 4.93. The van der Waals surface area contributed by atoms with Crippen LogP contribution in [-0.2, 0) is 10.0 Å². The van der Waals surface area contributed by atoms with Crippen LogP contribution in [0.3, 0.4) is 0 Å². The van der Waals surface area contributed by atoms with Crippen LogP contribution in [-0.4, -0.2) is 51.5 Å².